The van der Waals surface area contributed by atoms with E-state index in [1.807, 2.05) is 23.3 Å². The van der Waals surface area contributed by atoms with Crippen molar-refractivity contribution in [3.05, 3.63) is 65.9 Å². The van der Waals surface area contributed by atoms with Crippen molar-refractivity contribution >= 4 is 23.5 Å². The van der Waals surface area contributed by atoms with E-state index in [1.54, 1.807) is 41.0 Å². The fraction of sp³-hybridized carbons (Fsp3) is 0.483. The van der Waals surface area contributed by atoms with Gasteiger partial charge in [0.25, 0.3) is 0 Å². The van der Waals surface area contributed by atoms with Crippen LogP contribution in [0.2, 0.25) is 0 Å². The Kier molecular flexibility index (Phi) is 9.76. The molecule has 4 rings (SSSR count). The van der Waals surface area contributed by atoms with Gasteiger partial charge in [0.15, 0.2) is 0 Å². The van der Waals surface area contributed by atoms with Gasteiger partial charge >= 0.3 is 6.03 Å². The van der Waals surface area contributed by atoms with Crippen molar-refractivity contribution in [3.8, 4) is 5.69 Å². The number of nitrogens with one attached hydrogen (secondary N) is 1. The molecule has 1 aromatic carbocycles. The molecule has 0 bridgehead atoms. The summed E-state index contributed by atoms with van der Waals surface area (Å²) in [6.45, 7) is 12.8. The average molecular weight is 526 g/mol. The molecule has 0 aliphatic carbocycles. The van der Waals surface area contributed by atoms with Crippen LogP contribution in [0.1, 0.15) is 78.1 Å². The molecule has 2 amide bonds. The van der Waals surface area contributed by atoms with E-state index < -0.39 is 0 Å². The van der Waals surface area contributed by atoms with E-state index in [0.717, 1.165) is 59.3 Å². The Morgan fingerprint density at radius 1 is 1.19 bits per heavy atom. The van der Waals surface area contributed by atoms with Crippen LogP contribution in [0.4, 0.5) is 14.9 Å². The molecule has 1 atom stereocenters. The summed E-state index contributed by atoms with van der Waals surface area (Å²) in [5, 5.41) is 8.76. The number of thioether (sulfide) groups is 1. The largest absolute Gasteiger partial charge is 0.331 e. The number of halogens is 1. The minimum absolute atomic E-state index is 0.107. The van der Waals surface area contributed by atoms with Crippen LogP contribution >= 0.6 is 11.8 Å². The summed E-state index contributed by atoms with van der Waals surface area (Å²) >= 11 is 1.59. The minimum atomic E-state index is -0.368. The van der Waals surface area contributed by atoms with Gasteiger partial charge < -0.3 is 5.32 Å². The summed E-state index contributed by atoms with van der Waals surface area (Å²) in [5.74, 6) is 0.546. The van der Waals surface area contributed by atoms with Gasteiger partial charge in [0.2, 0.25) is 0 Å². The van der Waals surface area contributed by atoms with E-state index in [1.165, 1.54) is 12.1 Å². The van der Waals surface area contributed by atoms with Gasteiger partial charge in [0.05, 0.1) is 34.3 Å². The molecule has 0 saturated carbocycles. The zero-order valence-electron chi connectivity index (χ0n) is 23.1. The van der Waals surface area contributed by atoms with Gasteiger partial charge in [-0.25, -0.2) is 18.9 Å². The van der Waals surface area contributed by atoms with E-state index in [0.29, 0.717) is 0 Å². The smallest absolute Gasteiger partial charge is 0.322 e. The van der Waals surface area contributed by atoms with Crippen LogP contribution in [0.3, 0.4) is 0 Å². The third kappa shape index (κ3) is 7.12. The predicted octanol–water partition coefficient (Wildman–Crippen LogP) is 7.57. The molecule has 1 unspecified atom stereocenters. The van der Waals surface area contributed by atoms with Crippen molar-refractivity contribution in [1.29, 1.82) is 0 Å². The van der Waals surface area contributed by atoms with Gasteiger partial charge in [-0.1, -0.05) is 34.1 Å². The molecule has 3 heterocycles. The first-order valence-corrected chi connectivity index (χ1v) is 14.2. The van der Waals surface area contributed by atoms with Crippen molar-refractivity contribution in [1.82, 2.24) is 20.1 Å². The second kappa shape index (κ2) is 12.6. The zero-order valence-corrected chi connectivity index (χ0v) is 23.9. The van der Waals surface area contributed by atoms with Gasteiger partial charge in [-0.2, -0.15) is 5.10 Å². The van der Waals surface area contributed by atoms with Gasteiger partial charge in [-0.15, -0.1) is 11.8 Å². The Labute approximate surface area is 225 Å². The highest BCUT2D eigenvalue weighted by molar-refractivity contribution is 7.98. The van der Waals surface area contributed by atoms with Crippen LogP contribution in [0, 0.1) is 11.7 Å². The summed E-state index contributed by atoms with van der Waals surface area (Å²) in [4.78, 5) is 19.9. The number of amides is 2. The number of aromatic nitrogens is 3. The van der Waals surface area contributed by atoms with Crippen molar-refractivity contribution < 1.29 is 9.18 Å². The van der Waals surface area contributed by atoms with E-state index in [4.69, 9.17) is 0 Å². The lowest BCUT2D eigenvalue weighted by Gasteiger charge is -2.42. The lowest BCUT2D eigenvalue weighted by molar-refractivity contribution is 0.233. The lowest BCUT2D eigenvalue weighted by Crippen LogP contribution is -2.55. The standard InChI is InChI=1S/C25H30FN5OS.C4H10/c1-5-6-20(17-12-14-27-23(15-17)33-4)29-24(32)30-22-16-28-31(19-9-7-18(26)8-10-19)21(22)11-13-25(30,2)3;1-4(2)3/h7-10,12,14-16,20H,5-6,11,13H2,1-4H3,(H,29,32);4H,1-3H3. The van der Waals surface area contributed by atoms with Crippen LogP contribution in [0.25, 0.3) is 5.69 Å². The Hall–Kier alpha value is -2.87. The number of benzene rings is 1. The number of carbonyl (C=O) groups excluding carboxylic acids is 1. The Morgan fingerprint density at radius 2 is 1.86 bits per heavy atom. The molecule has 0 spiro atoms. The molecule has 0 fully saturated rings. The fourth-order valence-electron chi connectivity index (χ4n) is 4.41. The molecule has 3 aromatic rings. The van der Waals surface area contributed by atoms with Gasteiger partial charge in [-0.3, -0.25) is 4.90 Å². The third-order valence-electron chi connectivity index (χ3n) is 6.19. The molecule has 1 N–H and O–H groups in total. The maximum atomic E-state index is 13.7. The van der Waals surface area contributed by atoms with E-state index in [9.17, 15) is 9.18 Å². The number of rotatable bonds is 6. The molecule has 0 radical (unpaired) electrons. The molecule has 0 saturated heterocycles. The number of nitrogens with zero attached hydrogens (tertiary/aromatic N) is 4. The van der Waals surface area contributed by atoms with Crippen LogP contribution in [-0.4, -0.2) is 32.6 Å². The van der Waals surface area contributed by atoms with Gasteiger partial charge in [-0.05, 0) is 87.2 Å². The highest BCUT2D eigenvalue weighted by Crippen LogP contribution is 2.38. The molecule has 37 heavy (non-hydrogen) atoms. The van der Waals surface area contributed by atoms with Crippen molar-refractivity contribution in [2.45, 2.75) is 83.8 Å². The SMILES string of the molecule is CC(C)C.CCCC(NC(=O)N1c2cnn(-c3ccc(F)cc3)c2CCC1(C)C)c1ccnc(SC)c1. The minimum Gasteiger partial charge on any atom is -0.331 e. The van der Waals surface area contributed by atoms with Gasteiger partial charge in [0.1, 0.15) is 5.82 Å². The Balaban J connectivity index is 0.000000886. The van der Waals surface area contributed by atoms with Crippen molar-refractivity contribution in [2.24, 2.45) is 5.92 Å². The summed E-state index contributed by atoms with van der Waals surface area (Å²) in [5.41, 5.74) is 3.22. The molecule has 2 aromatic heterocycles. The topological polar surface area (TPSA) is 63.1 Å². The highest BCUT2D eigenvalue weighted by atomic mass is 32.2. The molecule has 6 nitrogen and oxygen atoms in total. The Morgan fingerprint density at radius 3 is 2.49 bits per heavy atom. The van der Waals surface area contributed by atoms with Crippen molar-refractivity contribution in [2.75, 3.05) is 11.2 Å². The molecular weight excluding hydrogens is 485 g/mol. The molecular formula is C29H40FN5OS. The molecule has 1 aliphatic heterocycles. The summed E-state index contributed by atoms with van der Waals surface area (Å²) < 4.78 is 15.2. The number of urea groups is 1. The first kappa shape index (κ1) is 28.7. The lowest BCUT2D eigenvalue weighted by atomic mass is 9.90. The van der Waals surface area contributed by atoms with E-state index in [2.05, 4.69) is 56.9 Å². The zero-order chi connectivity index (χ0) is 27.2. The predicted molar refractivity (Wildman–Crippen MR) is 151 cm³/mol. The molecule has 200 valence electrons. The second-order valence-corrected chi connectivity index (χ2v) is 11.5. The summed E-state index contributed by atoms with van der Waals surface area (Å²) in [6.07, 6.45) is 8.89. The number of anilines is 1. The number of hydrogen-bond donors (Lipinski definition) is 1. The maximum absolute atomic E-state index is 13.7. The number of pyridine rings is 1. The van der Waals surface area contributed by atoms with E-state index in [-0.39, 0.29) is 23.4 Å². The summed E-state index contributed by atoms with van der Waals surface area (Å²) in [7, 11) is 0. The second-order valence-electron chi connectivity index (χ2n) is 10.7. The Bertz CT molecular complexity index is 1170. The number of hydrogen-bond acceptors (Lipinski definition) is 4. The van der Waals surface area contributed by atoms with Crippen LogP contribution in [-0.2, 0) is 6.42 Å². The van der Waals surface area contributed by atoms with E-state index >= 15 is 0 Å². The summed E-state index contributed by atoms with van der Waals surface area (Å²) in [6, 6.07) is 10.0. The average Bonchev–Trinajstić information content (AvgIpc) is 3.26. The monoisotopic (exact) mass is 525 g/mol. The maximum Gasteiger partial charge on any atom is 0.322 e. The quantitative estimate of drug-likeness (QED) is 0.337. The first-order chi connectivity index (χ1) is 17.6. The molecule has 1 aliphatic rings. The first-order valence-electron chi connectivity index (χ1n) is 13.0. The van der Waals surface area contributed by atoms with Crippen LogP contribution in [0.5, 0.6) is 0 Å². The van der Waals surface area contributed by atoms with Gasteiger partial charge in [0, 0.05) is 11.7 Å². The number of fused-ring (bicyclic) bond motifs is 1. The molecule has 8 heteroatoms. The highest BCUT2D eigenvalue weighted by Gasteiger charge is 2.40. The normalized spacial score (nSPS) is 15.0. The number of carbonyl (C=O) groups is 1. The third-order valence-corrected chi connectivity index (χ3v) is 6.83. The van der Waals surface area contributed by atoms with Crippen molar-refractivity contribution in [3.63, 3.8) is 0 Å². The van der Waals surface area contributed by atoms with Crippen LogP contribution < -0.4 is 10.2 Å². The fourth-order valence-corrected chi connectivity index (χ4v) is 4.83. The van der Waals surface area contributed by atoms with Crippen LogP contribution in [0.15, 0.2) is 53.8 Å².